The second kappa shape index (κ2) is 4.34. The molecule has 2 N–H and O–H groups in total. The van der Waals surface area contributed by atoms with Crippen molar-refractivity contribution in [2.24, 2.45) is 0 Å². The first-order valence-electron chi connectivity index (χ1n) is 6.78. The largest absolute Gasteiger partial charge is 0.327 e. The van der Waals surface area contributed by atoms with Crippen molar-refractivity contribution in [3.63, 3.8) is 0 Å². The molecule has 6 nitrogen and oxygen atoms in total. The number of benzene rings is 1. The van der Waals surface area contributed by atoms with Crippen molar-refractivity contribution in [3.05, 3.63) is 54.6 Å². The van der Waals surface area contributed by atoms with Gasteiger partial charge in [0.2, 0.25) is 5.43 Å². The molecule has 9 heteroatoms. The highest BCUT2D eigenvalue weighted by Gasteiger charge is 2.31. The maximum Gasteiger partial charge on any atom is 0.327 e. The zero-order chi connectivity index (χ0) is 16.5. The van der Waals surface area contributed by atoms with Gasteiger partial charge >= 0.3 is 5.69 Å². The first-order chi connectivity index (χ1) is 10.9. The third kappa shape index (κ3) is 1.79. The van der Waals surface area contributed by atoms with Crippen molar-refractivity contribution < 1.29 is 13.2 Å². The van der Waals surface area contributed by atoms with Crippen molar-refractivity contribution in [1.29, 1.82) is 0 Å². The van der Waals surface area contributed by atoms with Crippen molar-refractivity contribution in [2.45, 2.75) is 18.9 Å². The predicted octanol–water partition coefficient (Wildman–Crippen LogP) is 1.28. The van der Waals surface area contributed by atoms with E-state index in [4.69, 9.17) is 0 Å². The minimum absolute atomic E-state index is 0.191. The molecule has 1 fully saturated rings. The summed E-state index contributed by atoms with van der Waals surface area (Å²) < 4.78 is 42.6. The Morgan fingerprint density at radius 1 is 1.04 bits per heavy atom. The Morgan fingerprint density at radius 3 is 2.39 bits per heavy atom. The molecular weight excluding hydrogens is 315 g/mol. The van der Waals surface area contributed by atoms with E-state index in [-0.39, 0.29) is 11.7 Å². The fraction of sp³-hybridized carbons (Fsp3) is 0.214. The Labute approximate surface area is 124 Å². The third-order valence-corrected chi connectivity index (χ3v) is 3.92. The van der Waals surface area contributed by atoms with Gasteiger partial charge in [-0.05, 0) is 18.9 Å². The lowest BCUT2D eigenvalue weighted by molar-refractivity contribution is 0.450. The van der Waals surface area contributed by atoms with Crippen LogP contribution in [0, 0.1) is 17.5 Å². The maximum absolute atomic E-state index is 14.3. The summed E-state index contributed by atoms with van der Waals surface area (Å²) in [5, 5.41) is -0.868. The van der Waals surface area contributed by atoms with Crippen LogP contribution >= 0.6 is 0 Å². The van der Waals surface area contributed by atoms with Crippen LogP contribution in [0.4, 0.5) is 13.2 Å². The van der Waals surface area contributed by atoms with Crippen LogP contribution in [0.25, 0.3) is 21.9 Å². The van der Waals surface area contributed by atoms with E-state index >= 15 is 0 Å². The monoisotopic (exact) mass is 323 g/mol. The van der Waals surface area contributed by atoms with E-state index in [9.17, 15) is 27.6 Å². The number of rotatable bonds is 1. The number of nitrogens with zero attached hydrogens (tertiary/aromatic N) is 1. The van der Waals surface area contributed by atoms with E-state index < -0.39 is 50.4 Å². The molecule has 1 aromatic carbocycles. The molecule has 118 valence electrons. The normalized spacial score (nSPS) is 14.7. The molecule has 1 aliphatic rings. The molecule has 1 saturated carbocycles. The van der Waals surface area contributed by atoms with Crippen LogP contribution in [0.1, 0.15) is 18.9 Å². The highest BCUT2D eigenvalue weighted by Crippen LogP contribution is 2.39. The van der Waals surface area contributed by atoms with Gasteiger partial charge in [0.15, 0.2) is 17.5 Å². The Hall–Kier alpha value is -2.84. The second-order valence-electron chi connectivity index (χ2n) is 5.44. The standard InChI is InChI=1S/C14H8F3N3O3/c15-6-3-5-10(9(17)8(6)16)20(4-1-2-4)12-7(11(5)21)13(22)19-14(23)18-12/h3-4H,1-2H2,(H2,18,19,22,23). The molecule has 1 aliphatic carbocycles. The zero-order valence-electron chi connectivity index (χ0n) is 11.4. The Kier molecular flexibility index (Phi) is 2.60. The van der Waals surface area contributed by atoms with Gasteiger partial charge < -0.3 is 4.57 Å². The Morgan fingerprint density at radius 2 is 1.74 bits per heavy atom. The summed E-state index contributed by atoms with van der Waals surface area (Å²) in [4.78, 5) is 40.1. The lowest BCUT2D eigenvalue weighted by Gasteiger charge is -2.14. The molecule has 0 spiro atoms. The second-order valence-corrected chi connectivity index (χ2v) is 5.44. The van der Waals surface area contributed by atoms with E-state index in [1.54, 1.807) is 0 Å². The predicted molar refractivity (Wildman–Crippen MR) is 75.1 cm³/mol. The number of aromatic amines is 2. The summed E-state index contributed by atoms with van der Waals surface area (Å²) >= 11 is 0. The fourth-order valence-corrected chi connectivity index (χ4v) is 2.80. The Balaban J connectivity index is 2.42. The summed E-state index contributed by atoms with van der Waals surface area (Å²) in [6.45, 7) is 0. The number of halogens is 3. The molecule has 0 atom stereocenters. The maximum atomic E-state index is 14.3. The van der Waals surface area contributed by atoms with Crippen LogP contribution in [0.3, 0.4) is 0 Å². The topological polar surface area (TPSA) is 87.7 Å². The SMILES string of the molecule is O=c1[nH]c(=O)c2c(=O)c3cc(F)c(F)c(F)c3n(C3CC3)c2[nH]1. The Bertz CT molecular complexity index is 1170. The number of H-pyrrole nitrogens is 2. The first kappa shape index (κ1) is 13.8. The van der Waals surface area contributed by atoms with Gasteiger partial charge in [0.25, 0.3) is 5.56 Å². The van der Waals surface area contributed by atoms with Crippen molar-refractivity contribution in [1.82, 2.24) is 14.5 Å². The molecule has 0 aliphatic heterocycles. The number of hydrogen-bond donors (Lipinski definition) is 2. The molecular formula is C14H8F3N3O3. The molecule has 2 aromatic heterocycles. The van der Waals surface area contributed by atoms with Gasteiger partial charge in [-0.25, -0.2) is 18.0 Å². The van der Waals surface area contributed by atoms with Gasteiger partial charge in [0.1, 0.15) is 11.0 Å². The lowest BCUT2D eigenvalue weighted by Crippen LogP contribution is -2.29. The highest BCUT2D eigenvalue weighted by atomic mass is 19.2. The molecule has 0 radical (unpaired) electrons. The van der Waals surface area contributed by atoms with Gasteiger partial charge in [0.05, 0.1) is 10.9 Å². The quantitative estimate of drug-likeness (QED) is 0.522. The third-order valence-electron chi connectivity index (χ3n) is 3.92. The molecule has 0 saturated heterocycles. The van der Waals surface area contributed by atoms with Crippen LogP contribution in [0.15, 0.2) is 20.4 Å². The lowest BCUT2D eigenvalue weighted by atomic mass is 10.1. The molecule has 0 amide bonds. The smallest absolute Gasteiger partial charge is 0.321 e. The first-order valence-corrected chi connectivity index (χ1v) is 6.78. The van der Waals surface area contributed by atoms with Crippen LogP contribution in [0.5, 0.6) is 0 Å². The van der Waals surface area contributed by atoms with E-state index in [2.05, 4.69) is 4.98 Å². The number of aromatic nitrogens is 3. The highest BCUT2D eigenvalue weighted by molar-refractivity contribution is 5.92. The summed E-state index contributed by atoms with van der Waals surface area (Å²) in [7, 11) is 0. The molecule has 4 rings (SSSR count). The molecule has 3 aromatic rings. The van der Waals surface area contributed by atoms with Crippen molar-refractivity contribution in [3.8, 4) is 0 Å². The number of fused-ring (bicyclic) bond motifs is 2. The van der Waals surface area contributed by atoms with Crippen LogP contribution < -0.4 is 16.7 Å². The van der Waals surface area contributed by atoms with Crippen LogP contribution in [0.2, 0.25) is 0 Å². The fourth-order valence-electron chi connectivity index (χ4n) is 2.80. The van der Waals surface area contributed by atoms with Crippen LogP contribution in [-0.2, 0) is 0 Å². The van der Waals surface area contributed by atoms with Gasteiger partial charge in [-0.2, -0.15) is 0 Å². The van der Waals surface area contributed by atoms with E-state index in [0.717, 1.165) is 0 Å². The minimum atomic E-state index is -1.71. The van der Waals surface area contributed by atoms with Gasteiger partial charge in [-0.15, -0.1) is 0 Å². The van der Waals surface area contributed by atoms with E-state index in [0.29, 0.717) is 18.9 Å². The summed E-state index contributed by atoms with van der Waals surface area (Å²) in [6, 6.07) is 0.260. The number of hydrogen-bond acceptors (Lipinski definition) is 3. The van der Waals surface area contributed by atoms with Gasteiger partial charge in [0, 0.05) is 6.04 Å². The van der Waals surface area contributed by atoms with Crippen molar-refractivity contribution >= 4 is 21.9 Å². The summed E-state index contributed by atoms with van der Waals surface area (Å²) in [5.41, 5.74) is -3.45. The minimum Gasteiger partial charge on any atom is -0.321 e. The van der Waals surface area contributed by atoms with Crippen molar-refractivity contribution in [2.75, 3.05) is 0 Å². The van der Waals surface area contributed by atoms with E-state index in [1.807, 2.05) is 4.98 Å². The van der Waals surface area contributed by atoms with E-state index in [1.165, 1.54) is 4.57 Å². The average Bonchev–Trinajstić information content (AvgIpc) is 3.30. The van der Waals surface area contributed by atoms with Gasteiger partial charge in [-0.3, -0.25) is 19.6 Å². The number of nitrogens with one attached hydrogen (secondary N) is 2. The molecule has 2 heterocycles. The van der Waals surface area contributed by atoms with Crippen LogP contribution in [-0.4, -0.2) is 14.5 Å². The van der Waals surface area contributed by atoms with Gasteiger partial charge in [-0.1, -0.05) is 0 Å². The summed E-state index contributed by atoms with van der Waals surface area (Å²) in [6.07, 6.45) is 1.20. The molecule has 0 unspecified atom stereocenters. The zero-order valence-corrected chi connectivity index (χ0v) is 11.4. The molecule has 0 bridgehead atoms. The summed E-state index contributed by atoms with van der Waals surface area (Å²) in [5.74, 6) is -4.75. The molecule has 23 heavy (non-hydrogen) atoms. The number of pyridine rings is 1. The average molecular weight is 323 g/mol.